The Morgan fingerprint density at radius 1 is 0.432 bits per heavy atom. The summed E-state index contributed by atoms with van der Waals surface area (Å²) in [5, 5.41) is 7.43. The van der Waals surface area contributed by atoms with Crippen LogP contribution in [0.2, 0.25) is 0 Å². The molecule has 37 heavy (non-hydrogen) atoms. The minimum absolute atomic E-state index is 1.18. The van der Waals surface area contributed by atoms with Gasteiger partial charge in [0.05, 0.1) is 0 Å². The summed E-state index contributed by atoms with van der Waals surface area (Å²) in [6.07, 6.45) is 3.94. The van der Waals surface area contributed by atoms with Crippen LogP contribution in [-0.2, 0) is 0 Å². The molecule has 0 fully saturated rings. The van der Waals surface area contributed by atoms with Crippen LogP contribution in [0.25, 0.3) is 65.7 Å². The van der Waals surface area contributed by atoms with Crippen LogP contribution in [0.15, 0.2) is 134 Å². The largest absolute Gasteiger partial charge is 0.264 e. The smallest absolute Gasteiger partial charge is 0.0353 e. The van der Waals surface area contributed by atoms with Gasteiger partial charge in [-0.05, 0) is 79.4 Å². The fourth-order valence-corrected chi connectivity index (χ4v) is 5.61. The average Bonchev–Trinajstić information content (AvgIpc) is 2.96. The van der Waals surface area contributed by atoms with E-state index in [0.29, 0.717) is 0 Å². The maximum Gasteiger partial charge on any atom is 0.0353 e. The molecule has 1 aromatic heterocycles. The van der Waals surface area contributed by atoms with Gasteiger partial charge >= 0.3 is 0 Å². The molecule has 0 bridgehead atoms. The number of pyridine rings is 1. The number of rotatable bonds is 3. The highest BCUT2D eigenvalue weighted by Gasteiger charge is 2.17. The Morgan fingerprint density at radius 2 is 1.08 bits per heavy atom. The molecule has 0 radical (unpaired) electrons. The van der Waals surface area contributed by atoms with E-state index in [1.807, 2.05) is 12.4 Å². The lowest BCUT2D eigenvalue weighted by atomic mass is 9.85. The van der Waals surface area contributed by atoms with Gasteiger partial charge < -0.3 is 0 Å². The van der Waals surface area contributed by atoms with Crippen LogP contribution in [0.5, 0.6) is 0 Å². The third-order valence-electron chi connectivity index (χ3n) is 7.39. The fraction of sp³-hybridized carbons (Fsp3) is 0.0278. The first-order valence-corrected chi connectivity index (χ1v) is 12.7. The van der Waals surface area contributed by atoms with E-state index in [-0.39, 0.29) is 0 Å². The second-order valence-electron chi connectivity index (χ2n) is 9.73. The summed E-state index contributed by atoms with van der Waals surface area (Å²) in [6, 6.07) is 43.9. The van der Waals surface area contributed by atoms with Crippen LogP contribution >= 0.6 is 0 Å². The highest BCUT2D eigenvalue weighted by atomic mass is 14.6. The van der Waals surface area contributed by atoms with Crippen LogP contribution < -0.4 is 0 Å². The molecule has 0 aliphatic heterocycles. The number of fused-ring (bicyclic) bond motifs is 3. The molecule has 0 amide bonds. The maximum atomic E-state index is 4.57. The van der Waals surface area contributed by atoms with E-state index >= 15 is 0 Å². The SMILES string of the molecule is Cc1ccc2c(-c3ccc4ccccc4c3)c3cnccc3c(-c3ccc(-c4ccccc4)cc3)c2c1. The van der Waals surface area contributed by atoms with E-state index < -0.39 is 0 Å². The lowest BCUT2D eigenvalue weighted by molar-refractivity contribution is 1.37. The van der Waals surface area contributed by atoms with Gasteiger partial charge in [0.1, 0.15) is 0 Å². The van der Waals surface area contributed by atoms with Crippen LogP contribution in [0.1, 0.15) is 5.56 Å². The van der Waals surface area contributed by atoms with Gasteiger partial charge in [0.25, 0.3) is 0 Å². The van der Waals surface area contributed by atoms with E-state index in [1.165, 1.54) is 71.3 Å². The molecular weight excluding hydrogens is 446 g/mol. The van der Waals surface area contributed by atoms with Gasteiger partial charge in [-0.25, -0.2) is 0 Å². The van der Waals surface area contributed by atoms with Crippen LogP contribution in [-0.4, -0.2) is 4.98 Å². The zero-order valence-electron chi connectivity index (χ0n) is 20.6. The molecule has 0 atom stereocenters. The van der Waals surface area contributed by atoms with E-state index in [1.54, 1.807) is 0 Å². The highest BCUT2D eigenvalue weighted by molar-refractivity contribution is 6.21. The molecule has 1 heteroatoms. The quantitative estimate of drug-likeness (QED) is 0.234. The molecule has 1 heterocycles. The summed E-state index contributed by atoms with van der Waals surface area (Å²) >= 11 is 0. The molecule has 7 rings (SSSR count). The van der Waals surface area contributed by atoms with E-state index in [4.69, 9.17) is 0 Å². The minimum Gasteiger partial charge on any atom is -0.264 e. The Morgan fingerprint density at radius 3 is 1.92 bits per heavy atom. The summed E-state index contributed by atoms with van der Waals surface area (Å²) in [7, 11) is 0. The lowest BCUT2D eigenvalue weighted by Gasteiger charge is -2.18. The van der Waals surface area contributed by atoms with E-state index in [9.17, 15) is 0 Å². The molecule has 0 N–H and O–H groups in total. The van der Waals surface area contributed by atoms with Crippen molar-refractivity contribution in [1.29, 1.82) is 0 Å². The summed E-state index contributed by atoms with van der Waals surface area (Å²) < 4.78 is 0. The zero-order chi connectivity index (χ0) is 24.8. The Balaban J connectivity index is 1.52. The lowest BCUT2D eigenvalue weighted by Crippen LogP contribution is -1.92. The molecule has 7 aromatic rings. The van der Waals surface area contributed by atoms with Gasteiger partial charge in [-0.1, -0.05) is 115 Å². The minimum atomic E-state index is 1.18. The number of benzene rings is 6. The number of aromatic nitrogens is 1. The van der Waals surface area contributed by atoms with E-state index in [0.717, 1.165) is 0 Å². The normalized spacial score (nSPS) is 11.4. The topological polar surface area (TPSA) is 12.9 Å². The molecule has 0 unspecified atom stereocenters. The Kier molecular flexibility index (Phi) is 5.08. The maximum absolute atomic E-state index is 4.57. The molecule has 1 nitrogen and oxygen atoms in total. The first-order valence-electron chi connectivity index (χ1n) is 12.7. The van der Waals surface area contributed by atoms with Crippen LogP contribution in [0, 0.1) is 6.92 Å². The second kappa shape index (κ2) is 8.72. The Labute approximate surface area is 216 Å². The number of aryl methyl sites for hydroxylation is 1. The second-order valence-corrected chi connectivity index (χ2v) is 9.73. The van der Waals surface area contributed by atoms with Crippen molar-refractivity contribution in [3.05, 3.63) is 139 Å². The van der Waals surface area contributed by atoms with Crippen molar-refractivity contribution in [1.82, 2.24) is 4.98 Å². The van der Waals surface area contributed by atoms with Gasteiger partial charge in [-0.2, -0.15) is 0 Å². The molecular formula is C36H25N. The Bertz CT molecular complexity index is 1920. The van der Waals surface area contributed by atoms with Gasteiger partial charge in [-0.3, -0.25) is 4.98 Å². The number of hydrogen-bond donors (Lipinski definition) is 0. The Hall–Kier alpha value is -4.75. The van der Waals surface area contributed by atoms with Crippen molar-refractivity contribution in [2.45, 2.75) is 6.92 Å². The molecule has 0 aliphatic rings. The standard InChI is InChI=1S/C36H25N/c1-24-11-18-31-33(21-24)35(28-15-12-27(13-16-28)25-7-3-2-4-8-25)32-19-20-37-23-34(32)36(31)30-17-14-26-9-5-6-10-29(26)22-30/h2-23H,1H3. The van der Waals surface area contributed by atoms with Crippen molar-refractivity contribution < 1.29 is 0 Å². The van der Waals surface area contributed by atoms with Crippen molar-refractivity contribution in [3.8, 4) is 33.4 Å². The number of nitrogens with zero attached hydrogens (tertiary/aromatic N) is 1. The fourth-order valence-electron chi connectivity index (χ4n) is 5.61. The van der Waals surface area contributed by atoms with Crippen molar-refractivity contribution in [2.75, 3.05) is 0 Å². The molecule has 6 aromatic carbocycles. The van der Waals surface area contributed by atoms with Gasteiger partial charge in [0.2, 0.25) is 0 Å². The highest BCUT2D eigenvalue weighted by Crippen LogP contribution is 2.44. The first kappa shape index (κ1) is 21.5. The average molecular weight is 472 g/mol. The third-order valence-corrected chi connectivity index (χ3v) is 7.39. The van der Waals surface area contributed by atoms with Gasteiger partial charge in [0, 0.05) is 17.8 Å². The monoisotopic (exact) mass is 471 g/mol. The van der Waals surface area contributed by atoms with Crippen molar-refractivity contribution in [3.63, 3.8) is 0 Å². The molecule has 0 aliphatic carbocycles. The predicted octanol–water partition coefficient (Wildman–Crippen LogP) is 9.85. The molecule has 0 spiro atoms. The van der Waals surface area contributed by atoms with Gasteiger partial charge in [-0.15, -0.1) is 0 Å². The number of hydrogen-bond acceptors (Lipinski definition) is 1. The first-order chi connectivity index (χ1) is 18.3. The third kappa shape index (κ3) is 3.68. The summed E-state index contributed by atoms with van der Waals surface area (Å²) in [4.78, 5) is 4.57. The summed E-state index contributed by atoms with van der Waals surface area (Å²) in [5.74, 6) is 0. The predicted molar refractivity (Wildman–Crippen MR) is 158 cm³/mol. The summed E-state index contributed by atoms with van der Waals surface area (Å²) in [5.41, 5.74) is 8.66. The molecule has 0 saturated heterocycles. The summed E-state index contributed by atoms with van der Waals surface area (Å²) in [6.45, 7) is 2.17. The molecule has 174 valence electrons. The van der Waals surface area contributed by atoms with Crippen molar-refractivity contribution >= 4 is 32.3 Å². The van der Waals surface area contributed by atoms with Crippen LogP contribution in [0.4, 0.5) is 0 Å². The van der Waals surface area contributed by atoms with Crippen LogP contribution in [0.3, 0.4) is 0 Å². The molecule has 0 saturated carbocycles. The van der Waals surface area contributed by atoms with Crippen molar-refractivity contribution in [2.24, 2.45) is 0 Å². The zero-order valence-corrected chi connectivity index (χ0v) is 20.6. The van der Waals surface area contributed by atoms with E-state index in [2.05, 4.69) is 133 Å². The van der Waals surface area contributed by atoms with Gasteiger partial charge in [0.15, 0.2) is 0 Å².